The van der Waals surface area contributed by atoms with E-state index in [9.17, 15) is 30.4 Å². The molecule has 0 amide bonds. The topological polar surface area (TPSA) is 155 Å². The molecule has 0 bridgehead atoms. The van der Waals surface area contributed by atoms with E-state index in [2.05, 4.69) is 9.72 Å². The first-order chi connectivity index (χ1) is 21.7. The molecule has 2 fully saturated rings. The van der Waals surface area contributed by atoms with Crippen molar-refractivity contribution in [1.29, 1.82) is 0 Å². The molecule has 1 aliphatic carbocycles. The molecule has 11 nitrogen and oxygen atoms in total. The van der Waals surface area contributed by atoms with E-state index in [0.29, 0.717) is 11.1 Å². The van der Waals surface area contributed by atoms with Gasteiger partial charge in [-0.3, -0.25) is 4.98 Å². The van der Waals surface area contributed by atoms with Crippen LogP contribution in [-0.2, 0) is 36.0 Å². The number of esters is 1. The van der Waals surface area contributed by atoms with Crippen molar-refractivity contribution in [3.05, 3.63) is 76.0 Å². The number of sulfonamides is 2. The van der Waals surface area contributed by atoms with Crippen LogP contribution in [0.3, 0.4) is 0 Å². The first kappa shape index (κ1) is 34.6. The first-order valence-electron chi connectivity index (χ1n) is 13.7. The number of rotatable bonds is 13. The van der Waals surface area contributed by atoms with Gasteiger partial charge in [0.15, 0.2) is 16.9 Å². The molecule has 2 atom stereocenters. The Labute approximate surface area is 278 Å². The highest BCUT2D eigenvalue weighted by Gasteiger charge is 2.42. The zero-order valence-corrected chi connectivity index (χ0v) is 27.7. The second-order valence-electron chi connectivity index (χ2n) is 10.4. The lowest BCUT2D eigenvalue weighted by Gasteiger charge is -2.26. The summed E-state index contributed by atoms with van der Waals surface area (Å²) in [6.45, 7) is -2.92. The molecule has 5 rings (SSSR count). The standard InChI is InChI=1S/C28H27Cl2F2N3O8S3/c29-21-13-34-14-22(30)20(21)12-24(17-6-7-23(43-28(31)32)25(10-17)41-15-16-4-5-16)42-27(36)26-35(8-9-44-26)46(39,40)19-3-1-2-18(11-19)45(33,37)38/h1-3,6-7,10-11,13-14,16,24,26,28H,4-5,8-9,12,15H2,(H2,33,37,38). The van der Waals surface area contributed by atoms with Crippen LogP contribution < -0.4 is 14.6 Å². The number of aromatic nitrogens is 1. The van der Waals surface area contributed by atoms with E-state index in [1.807, 2.05) is 0 Å². The monoisotopic (exact) mass is 737 g/mol. The lowest BCUT2D eigenvalue weighted by molar-refractivity contribution is -0.150. The molecule has 1 aliphatic heterocycles. The number of carbonyl (C=O) groups is 1. The van der Waals surface area contributed by atoms with E-state index < -0.39 is 49.0 Å². The summed E-state index contributed by atoms with van der Waals surface area (Å²) < 4.78 is 94.5. The Hall–Kier alpha value is -2.73. The molecule has 46 heavy (non-hydrogen) atoms. The number of halogens is 4. The maximum atomic E-state index is 13.7. The van der Waals surface area contributed by atoms with Crippen molar-refractivity contribution < 1.29 is 44.6 Å². The average molecular weight is 739 g/mol. The molecule has 0 spiro atoms. The van der Waals surface area contributed by atoms with Crippen molar-refractivity contribution >= 4 is 61.0 Å². The van der Waals surface area contributed by atoms with Gasteiger partial charge in [-0.2, -0.15) is 13.1 Å². The van der Waals surface area contributed by atoms with E-state index in [1.54, 1.807) is 0 Å². The van der Waals surface area contributed by atoms with Gasteiger partial charge in [0.25, 0.3) is 0 Å². The van der Waals surface area contributed by atoms with Gasteiger partial charge in [0.2, 0.25) is 20.0 Å². The third-order valence-corrected chi connectivity index (χ3v) is 11.9. The first-order valence-corrected chi connectivity index (χ1v) is 18.5. The summed E-state index contributed by atoms with van der Waals surface area (Å²) in [4.78, 5) is 16.9. The molecule has 248 valence electrons. The van der Waals surface area contributed by atoms with Gasteiger partial charge in [0, 0.05) is 31.1 Å². The number of ether oxygens (including phenoxy) is 3. The Balaban J connectivity index is 1.47. The number of nitrogens with two attached hydrogens (primary N) is 1. The smallest absolute Gasteiger partial charge is 0.387 e. The summed E-state index contributed by atoms with van der Waals surface area (Å²) in [6.07, 6.45) is 3.34. The molecule has 0 radical (unpaired) electrons. The Kier molecular flexibility index (Phi) is 10.7. The van der Waals surface area contributed by atoms with Crippen molar-refractivity contribution in [3.63, 3.8) is 0 Å². The number of hydrogen-bond donors (Lipinski definition) is 1. The van der Waals surface area contributed by atoms with E-state index in [-0.39, 0.29) is 57.7 Å². The minimum atomic E-state index is -4.39. The van der Waals surface area contributed by atoms with Crippen LogP contribution in [-0.4, -0.2) is 63.0 Å². The number of alkyl halides is 2. The summed E-state index contributed by atoms with van der Waals surface area (Å²) in [5.41, 5.74) is 0.677. The summed E-state index contributed by atoms with van der Waals surface area (Å²) in [7, 11) is -8.60. The lowest BCUT2D eigenvalue weighted by atomic mass is 10.0. The third-order valence-electron chi connectivity index (χ3n) is 7.12. The minimum absolute atomic E-state index is 0.00635. The van der Waals surface area contributed by atoms with E-state index >= 15 is 0 Å². The number of primary sulfonamides is 1. The van der Waals surface area contributed by atoms with Crippen LogP contribution in [0.15, 0.2) is 64.6 Å². The SMILES string of the molecule is NS(=O)(=O)c1cccc(S(=O)(=O)N2CCSC2C(=O)OC(Cc2c(Cl)cncc2Cl)c2ccc(OC(F)F)c(OCC3CC3)c2)c1. The maximum Gasteiger partial charge on any atom is 0.387 e. The second-order valence-corrected chi connectivity index (χ2v) is 15.9. The summed E-state index contributed by atoms with van der Waals surface area (Å²) in [5, 5.41) is 4.18. The minimum Gasteiger partial charge on any atom is -0.489 e. The fourth-order valence-electron chi connectivity index (χ4n) is 4.60. The Morgan fingerprint density at radius 1 is 1.04 bits per heavy atom. The van der Waals surface area contributed by atoms with Crippen LogP contribution in [0.2, 0.25) is 10.0 Å². The van der Waals surface area contributed by atoms with Gasteiger partial charge >= 0.3 is 12.6 Å². The number of thioether (sulfide) groups is 1. The highest BCUT2D eigenvalue weighted by atomic mass is 35.5. The lowest BCUT2D eigenvalue weighted by Crippen LogP contribution is -2.40. The van der Waals surface area contributed by atoms with E-state index in [0.717, 1.165) is 41.0 Å². The van der Waals surface area contributed by atoms with Gasteiger partial charge in [-0.25, -0.2) is 26.8 Å². The largest absolute Gasteiger partial charge is 0.489 e. The van der Waals surface area contributed by atoms with Crippen LogP contribution >= 0.6 is 35.0 Å². The zero-order valence-electron chi connectivity index (χ0n) is 23.7. The number of hydrogen-bond acceptors (Lipinski definition) is 10. The summed E-state index contributed by atoms with van der Waals surface area (Å²) in [5.74, 6) is -0.626. The van der Waals surface area contributed by atoms with Crippen LogP contribution in [0.1, 0.15) is 30.1 Å². The summed E-state index contributed by atoms with van der Waals surface area (Å²) >= 11 is 13.7. The number of carbonyl (C=O) groups excluding carboxylic acids is 1. The fourth-order valence-corrected chi connectivity index (χ4v) is 8.85. The molecule has 2 aliphatic rings. The van der Waals surface area contributed by atoms with Crippen molar-refractivity contribution in [2.75, 3.05) is 18.9 Å². The molecule has 18 heteroatoms. The predicted molar refractivity (Wildman–Crippen MR) is 166 cm³/mol. The molecule has 2 N–H and O–H groups in total. The number of pyridine rings is 1. The van der Waals surface area contributed by atoms with Gasteiger partial charge in [-0.15, -0.1) is 11.8 Å². The second kappa shape index (κ2) is 14.2. The highest BCUT2D eigenvalue weighted by Crippen LogP contribution is 2.39. The van der Waals surface area contributed by atoms with Crippen molar-refractivity contribution in [2.24, 2.45) is 11.1 Å². The van der Waals surface area contributed by atoms with Gasteiger partial charge in [-0.1, -0.05) is 35.3 Å². The molecule has 1 aromatic heterocycles. The van der Waals surface area contributed by atoms with Crippen LogP contribution in [0.4, 0.5) is 8.78 Å². The molecule has 2 aromatic carbocycles. The van der Waals surface area contributed by atoms with Crippen molar-refractivity contribution in [1.82, 2.24) is 9.29 Å². The molecular formula is C28H27Cl2F2N3O8S3. The molecule has 2 heterocycles. The Bertz CT molecular complexity index is 1810. The van der Waals surface area contributed by atoms with Gasteiger partial charge in [0.1, 0.15) is 6.10 Å². The third kappa shape index (κ3) is 8.21. The molecule has 2 unspecified atom stereocenters. The van der Waals surface area contributed by atoms with Crippen LogP contribution in [0.25, 0.3) is 0 Å². The predicted octanol–water partition coefficient (Wildman–Crippen LogP) is 5.02. The normalized spacial score (nSPS) is 18.0. The summed E-state index contributed by atoms with van der Waals surface area (Å²) in [6, 6.07) is 8.58. The fraction of sp³-hybridized carbons (Fsp3) is 0.357. The number of nitrogens with zero attached hydrogens (tertiary/aromatic N) is 2. The molecule has 1 saturated carbocycles. The van der Waals surface area contributed by atoms with Gasteiger partial charge in [0.05, 0.1) is 26.4 Å². The number of benzene rings is 2. The van der Waals surface area contributed by atoms with Gasteiger partial charge in [-0.05, 0) is 60.2 Å². The molecular weight excluding hydrogens is 711 g/mol. The van der Waals surface area contributed by atoms with Gasteiger partial charge < -0.3 is 14.2 Å². The maximum absolute atomic E-state index is 13.7. The molecule has 3 aromatic rings. The van der Waals surface area contributed by atoms with E-state index in [4.69, 9.17) is 37.8 Å². The van der Waals surface area contributed by atoms with Crippen LogP contribution in [0.5, 0.6) is 11.5 Å². The van der Waals surface area contributed by atoms with E-state index in [1.165, 1.54) is 42.7 Å². The average Bonchev–Trinajstić information content (AvgIpc) is 3.69. The Morgan fingerprint density at radius 2 is 1.74 bits per heavy atom. The van der Waals surface area contributed by atoms with Crippen LogP contribution in [0, 0.1) is 5.92 Å². The zero-order chi connectivity index (χ0) is 33.2. The highest BCUT2D eigenvalue weighted by molar-refractivity contribution is 8.02. The molecule has 1 saturated heterocycles. The quantitative estimate of drug-likeness (QED) is 0.237. The van der Waals surface area contributed by atoms with Crippen molar-refractivity contribution in [3.8, 4) is 11.5 Å². The van der Waals surface area contributed by atoms with Crippen molar-refractivity contribution in [2.45, 2.75) is 47.1 Å². The Morgan fingerprint density at radius 3 is 2.39 bits per heavy atom.